The zero-order valence-corrected chi connectivity index (χ0v) is 12.5. The zero-order valence-electron chi connectivity index (χ0n) is 11.7. The Kier molecular flexibility index (Phi) is 5.20. The molecule has 2 N–H and O–H groups in total. The van der Waals surface area contributed by atoms with Crippen LogP contribution in [0.3, 0.4) is 0 Å². The van der Waals surface area contributed by atoms with Crippen LogP contribution in [0.25, 0.3) is 0 Å². The van der Waals surface area contributed by atoms with Crippen LogP contribution in [0.1, 0.15) is 24.3 Å². The molecule has 0 radical (unpaired) electrons. The van der Waals surface area contributed by atoms with Crippen molar-refractivity contribution in [2.24, 2.45) is 0 Å². The number of rotatable bonds is 5. The maximum atomic E-state index is 11.9. The Bertz CT molecular complexity index is 545. The lowest BCUT2D eigenvalue weighted by Crippen LogP contribution is -2.49. The van der Waals surface area contributed by atoms with E-state index >= 15 is 0 Å². The Hall–Kier alpha value is -2.03. The summed E-state index contributed by atoms with van der Waals surface area (Å²) in [7, 11) is 0. The van der Waals surface area contributed by atoms with E-state index < -0.39 is 0 Å². The van der Waals surface area contributed by atoms with E-state index in [1.54, 1.807) is 6.92 Å². The summed E-state index contributed by atoms with van der Waals surface area (Å²) in [6, 6.07) is 0. The molecule has 0 unspecified atom stereocenters. The molecule has 1 aliphatic rings. The Morgan fingerprint density at radius 2 is 2.19 bits per heavy atom. The average molecular weight is 311 g/mol. The molecule has 1 aliphatic heterocycles. The van der Waals surface area contributed by atoms with Crippen molar-refractivity contribution in [2.45, 2.75) is 26.2 Å². The van der Waals surface area contributed by atoms with Crippen molar-refractivity contribution in [2.75, 3.05) is 25.0 Å². The lowest BCUT2D eigenvalue weighted by molar-refractivity contribution is -0.138. The Morgan fingerprint density at radius 3 is 2.86 bits per heavy atom. The van der Waals surface area contributed by atoms with E-state index in [1.165, 1.54) is 16.2 Å². The summed E-state index contributed by atoms with van der Waals surface area (Å²) in [5.41, 5.74) is 0. The summed E-state index contributed by atoms with van der Waals surface area (Å²) in [4.78, 5) is 36.3. The van der Waals surface area contributed by atoms with Crippen molar-refractivity contribution in [1.29, 1.82) is 0 Å². The van der Waals surface area contributed by atoms with Gasteiger partial charge in [-0.25, -0.2) is 0 Å². The van der Waals surface area contributed by atoms with Crippen molar-refractivity contribution >= 4 is 34.2 Å². The summed E-state index contributed by atoms with van der Waals surface area (Å²) in [5.74, 6) is -0.418. The van der Waals surface area contributed by atoms with Crippen LogP contribution < -0.4 is 10.6 Å². The highest BCUT2D eigenvalue weighted by molar-refractivity contribution is 7.15. The third kappa shape index (κ3) is 4.78. The lowest BCUT2D eigenvalue weighted by Gasteiger charge is -2.26. The number of anilines is 1. The van der Waals surface area contributed by atoms with Crippen LogP contribution in [0, 0.1) is 6.92 Å². The van der Waals surface area contributed by atoms with Crippen molar-refractivity contribution in [1.82, 2.24) is 20.4 Å². The maximum absolute atomic E-state index is 11.9. The van der Waals surface area contributed by atoms with E-state index in [0.717, 1.165) is 5.01 Å². The zero-order chi connectivity index (χ0) is 15.2. The molecule has 9 heteroatoms. The number of nitrogens with zero attached hydrogens (tertiary/aromatic N) is 3. The molecular weight excluding hydrogens is 294 g/mol. The second-order valence-corrected chi connectivity index (χ2v) is 5.87. The molecule has 0 aromatic carbocycles. The second kappa shape index (κ2) is 7.11. The number of hydrogen-bond donors (Lipinski definition) is 2. The molecule has 2 rings (SSSR count). The fourth-order valence-corrected chi connectivity index (χ4v) is 2.55. The number of aryl methyl sites for hydroxylation is 1. The summed E-state index contributed by atoms with van der Waals surface area (Å²) >= 11 is 1.31. The average Bonchev–Trinajstić information content (AvgIpc) is 2.84. The number of aromatic nitrogens is 2. The standard InChI is InChI=1S/C12H17N5O3S/c1-8-15-16-12(21-8)14-9(18)3-2-4-11(20)17-6-5-13-10(19)7-17/h2-7H2,1H3,(H,13,19)(H,14,16,18). The Labute approximate surface area is 125 Å². The minimum Gasteiger partial charge on any atom is -0.353 e. The largest absolute Gasteiger partial charge is 0.353 e. The lowest BCUT2D eigenvalue weighted by atomic mass is 10.2. The van der Waals surface area contributed by atoms with E-state index in [9.17, 15) is 14.4 Å². The van der Waals surface area contributed by atoms with Crippen molar-refractivity contribution in [3.8, 4) is 0 Å². The van der Waals surface area contributed by atoms with Crippen LogP contribution in [-0.2, 0) is 14.4 Å². The summed E-state index contributed by atoms with van der Waals surface area (Å²) < 4.78 is 0. The molecule has 21 heavy (non-hydrogen) atoms. The van der Waals surface area contributed by atoms with Gasteiger partial charge in [-0.3, -0.25) is 14.4 Å². The molecule has 1 aromatic rings. The van der Waals surface area contributed by atoms with Gasteiger partial charge in [-0.1, -0.05) is 11.3 Å². The molecule has 2 heterocycles. The van der Waals surface area contributed by atoms with Crippen LogP contribution in [0.4, 0.5) is 5.13 Å². The molecule has 0 spiro atoms. The summed E-state index contributed by atoms with van der Waals surface area (Å²) in [6.07, 6.45) is 0.945. The molecule has 1 saturated heterocycles. The molecule has 1 aromatic heterocycles. The molecule has 0 saturated carbocycles. The monoisotopic (exact) mass is 311 g/mol. The number of hydrogen-bond acceptors (Lipinski definition) is 6. The molecule has 0 bridgehead atoms. The van der Waals surface area contributed by atoms with Crippen molar-refractivity contribution < 1.29 is 14.4 Å². The van der Waals surface area contributed by atoms with Crippen LogP contribution >= 0.6 is 11.3 Å². The van der Waals surface area contributed by atoms with Gasteiger partial charge in [0.2, 0.25) is 22.9 Å². The number of amides is 3. The molecule has 8 nitrogen and oxygen atoms in total. The van der Waals surface area contributed by atoms with E-state index in [-0.39, 0.29) is 37.1 Å². The normalized spacial score (nSPS) is 14.7. The Balaban J connectivity index is 1.67. The highest BCUT2D eigenvalue weighted by Gasteiger charge is 2.20. The van der Waals surface area contributed by atoms with E-state index in [2.05, 4.69) is 20.8 Å². The van der Waals surface area contributed by atoms with E-state index in [1.807, 2.05) is 0 Å². The molecule has 0 atom stereocenters. The minimum absolute atomic E-state index is 0.0931. The number of carbonyl (C=O) groups excluding carboxylic acids is 3. The van der Waals surface area contributed by atoms with Gasteiger partial charge in [-0.05, 0) is 13.3 Å². The first kappa shape index (κ1) is 15.4. The predicted molar refractivity (Wildman–Crippen MR) is 76.7 cm³/mol. The first-order valence-corrected chi connectivity index (χ1v) is 7.50. The first-order chi connectivity index (χ1) is 10.0. The quantitative estimate of drug-likeness (QED) is 0.791. The number of nitrogens with one attached hydrogen (secondary N) is 2. The maximum Gasteiger partial charge on any atom is 0.239 e. The smallest absolute Gasteiger partial charge is 0.239 e. The topological polar surface area (TPSA) is 104 Å². The molecule has 3 amide bonds. The van der Waals surface area contributed by atoms with Gasteiger partial charge >= 0.3 is 0 Å². The summed E-state index contributed by atoms with van der Waals surface area (Å²) in [6.45, 7) is 2.93. The highest BCUT2D eigenvalue weighted by Crippen LogP contribution is 2.14. The molecular formula is C12H17N5O3S. The first-order valence-electron chi connectivity index (χ1n) is 6.69. The predicted octanol–water partition coefficient (Wildman–Crippen LogP) is -0.0863. The van der Waals surface area contributed by atoms with Gasteiger partial charge in [0, 0.05) is 25.9 Å². The van der Waals surface area contributed by atoms with Gasteiger partial charge in [0.05, 0.1) is 6.54 Å². The SMILES string of the molecule is Cc1nnc(NC(=O)CCCC(=O)N2CCNC(=O)C2)s1. The van der Waals surface area contributed by atoms with Crippen LogP contribution in [-0.4, -0.2) is 52.5 Å². The fraction of sp³-hybridized carbons (Fsp3) is 0.583. The van der Waals surface area contributed by atoms with Crippen LogP contribution in [0.5, 0.6) is 0 Å². The Morgan fingerprint density at radius 1 is 1.38 bits per heavy atom. The molecule has 0 aliphatic carbocycles. The van der Waals surface area contributed by atoms with Gasteiger partial charge < -0.3 is 15.5 Å². The molecule has 1 fully saturated rings. The van der Waals surface area contributed by atoms with Gasteiger partial charge in [0.1, 0.15) is 5.01 Å². The number of carbonyl (C=O) groups is 3. The van der Waals surface area contributed by atoms with Gasteiger partial charge in [-0.15, -0.1) is 10.2 Å². The van der Waals surface area contributed by atoms with Crippen LogP contribution in [0.15, 0.2) is 0 Å². The summed E-state index contributed by atoms with van der Waals surface area (Å²) in [5, 5.41) is 14.2. The van der Waals surface area contributed by atoms with Crippen molar-refractivity contribution in [3.05, 3.63) is 5.01 Å². The third-order valence-corrected chi connectivity index (χ3v) is 3.71. The van der Waals surface area contributed by atoms with Gasteiger partial charge in [-0.2, -0.15) is 0 Å². The number of piperazine rings is 1. The fourth-order valence-electron chi connectivity index (χ4n) is 1.94. The van der Waals surface area contributed by atoms with E-state index in [0.29, 0.717) is 24.6 Å². The third-order valence-electron chi connectivity index (χ3n) is 2.96. The minimum atomic E-state index is -0.185. The molecule has 114 valence electrons. The van der Waals surface area contributed by atoms with Gasteiger partial charge in [0.25, 0.3) is 0 Å². The second-order valence-electron chi connectivity index (χ2n) is 4.69. The van der Waals surface area contributed by atoms with Gasteiger partial charge in [0.15, 0.2) is 0 Å². The highest BCUT2D eigenvalue weighted by atomic mass is 32.1. The van der Waals surface area contributed by atoms with Crippen molar-refractivity contribution in [3.63, 3.8) is 0 Å². The van der Waals surface area contributed by atoms with E-state index in [4.69, 9.17) is 0 Å². The van der Waals surface area contributed by atoms with Crippen LogP contribution in [0.2, 0.25) is 0 Å².